The zero-order valence-electron chi connectivity index (χ0n) is 12.0. The number of ether oxygens (including phenoxy) is 2. The summed E-state index contributed by atoms with van der Waals surface area (Å²) in [6, 6.07) is 6.09. The van der Waals surface area contributed by atoms with Crippen LogP contribution in [0.1, 0.15) is 18.4 Å². The molecule has 0 heterocycles. The number of aryl methyl sites for hydroxylation is 1. The number of hydrogen-bond acceptors (Lipinski definition) is 2. The quantitative estimate of drug-likeness (QED) is 0.491. The first-order valence-electron chi connectivity index (χ1n) is 6.71. The summed E-state index contributed by atoms with van der Waals surface area (Å²) < 4.78 is 10.6. The van der Waals surface area contributed by atoms with Crippen LogP contribution in [0.5, 0.6) is 11.5 Å². The molecule has 2 nitrogen and oxygen atoms in total. The van der Waals surface area contributed by atoms with Gasteiger partial charge in [-0.3, -0.25) is 0 Å². The van der Waals surface area contributed by atoms with Crippen molar-refractivity contribution in [1.82, 2.24) is 0 Å². The molecule has 21 heavy (non-hydrogen) atoms. The van der Waals surface area contributed by atoms with Crippen molar-refractivity contribution in [1.29, 1.82) is 0 Å². The first-order chi connectivity index (χ1) is 10.1. The topological polar surface area (TPSA) is 18.5 Å². The molecule has 2 aromatic rings. The second kappa shape index (κ2) is 7.44. The summed E-state index contributed by atoms with van der Waals surface area (Å²) >= 11 is 18.6. The molecule has 0 aromatic heterocycles. The standard InChI is InChI=1S/C16H17Cl3O2/c1-20-15-13(18)11-7-6-10(5-3-4-8-17)9-12(11)14(19)16(15)21-2/h6-7,9H,3-5,8H2,1-2H3. The van der Waals surface area contributed by atoms with Gasteiger partial charge in [0.25, 0.3) is 0 Å². The molecule has 0 aliphatic rings. The molecule has 0 saturated carbocycles. The molecular weight excluding hydrogens is 331 g/mol. The number of halogens is 3. The van der Waals surface area contributed by atoms with Crippen LogP contribution in [-0.4, -0.2) is 20.1 Å². The largest absolute Gasteiger partial charge is 0.491 e. The minimum absolute atomic E-state index is 0.464. The van der Waals surface area contributed by atoms with Crippen molar-refractivity contribution in [2.45, 2.75) is 19.3 Å². The van der Waals surface area contributed by atoms with Crippen LogP contribution in [0.3, 0.4) is 0 Å². The number of alkyl halides is 1. The highest BCUT2D eigenvalue weighted by molar-refractivity contribution is 6.42. The molecule has 0 amide bonds. The fourth-order valence-electron chi connectivity index (χ4n) is 2.35. The van der Waals surface area contributed by atoms with E-state index in [1.165, 1.54) is 5.56 Å². The van der Waals surface area contributed by atoms with Crippen molar-refractivity contribution in [2.75, 3.05) is 20.1 Å². The highest BCUT2D eigenvalue weighted by Gasteiger charge is 2.19. The highest BCUT2D eigenvalue weighted by Crippen LogP contribution is 2.47. The van der Waals surface area contributed by atoms with Crippen molar-refractivity contribution in [3.05, 3.63) is 33.8 Å². The molecular formula is C16H17Cl3O2. The van der Waals surface area contributed by atoms with E-state index in [4.69, 9.17) is 44.3 Å². The van der Waals surface area contributed by atoms with E-state index in [0.717, 1.165) is 30.0 Å². The van der Waals surface area contributed by atoms with Crippen LogP contribution in [0.4, 0.5) is 0 Å². The maximum absolute atomic E-state index is 6.45. The van der Waals surface area contributed by atoms with Crippen LogP contribution in [0.2, 0.25) is 10.0 Å². The summed E-state index contributed by atoms with van der Waals surface area (Å²) in [6.45, 7) is 0. The van der Waals surface area contributed by atoms with Gasteiger partial charge in [-0.25, -0.2) is 0 Å². The van der Waals surface area contributed by atoms with Gasteiger partial charge >= 0.3 is 0 Å². The third kappa shape index (κ3) is 3.33. The predicted molar refractivity (Wildman–Crippen MR) is 90.7 cm³/mol. The predicted octanol–water partition coefficient (Wildman–Crippen LogP) is 5.73. The Labute approximate surface area is 139 Å². The van der Waals surface area contributed by atoms with Crippen molar-refractivity contribution in [2.24, 2.45) is 0 Å². The second-order valence-corrected chi connectivity index (χ2v) is 5.85. The Morgan fingerprint density at radius 2 is 1.52 bits per heavy atom. The van der Waals surface area contributed by atoms with Crippen molar-refractivity contribution in [3.8, 4) is 11.5 Å². The minimum atomic E-state index is 0.464. The Balaban J connectivity index is 2.53. The molecule has 0 fully saturated rings. The Hall–Kier alpha value is -0.830. The smallest absolute Gasteiger partial charge is 0.181 e. The first kappa shape index (κ1) is 16.5. The number of hydrogen-bond donors (Lipinski definition) is 0. The third-order valence-electron chi connectivity index (χ3n) is 3.42. The lowest BCUT2D eigenvalue weighted by Gasteiger charge is -2.15. The first-order valence-corrected chi connectivity index (χ1v) is 8.00. The second-order valence-electron chi connectivity index (χ2n) is 4.72. The fourth-order valence-corrected chi connectivity index (χ4v) is 3.19. The fraction of sp³-hybridized carbons (Fsp3) is 0.375. The van der Waals surface area contributed by atoms with Crippen molar-refractivity contribution >= 4 is 45.6 Å². The van der Waals surface area contributed by atoms with Gasteiger partial charge in [0.1, 0.15) is 0 Å². The van der Waals surface area contributed by atoms with Crippen LogP contribution < -0.4 is 9.47 Å². The molecule has 0 radical (unpaired) electrons. The third-order valence-corrected chi connectivity index (χ3v) is 4.44. The van der Waals surface area contributed by atoms with E-state index in [1.54, 1.807) is 14.2 Å². The highest BCUT2D eigenvalue weighted by atomic mass is 35.5. The molecule has 5 heteroatoms. The van der Waals surface area contributed by atoms with E-state index in [0.29, 0.717) is 27.4 Å². The minimum Gasteiger partial charge on any atom is -0.491 e. The van der Waals surface area contributed by atoms with Gasteiger partial charge in [0.05, 0.1) is 24.3 Å². The van der Waals surface area contributed by atoms with Gasteiger partial charge in [-0.1, -0.05) is 35.3 Å². The Bertz CT molecular complexity index is 641. The maximum atomic E-state index is 6.45. The van der Waals surface area contributed by atoms with E-state index in [9.17, 15) is 0 Å². The van der Waals surface area contributed by atoms with Gasteiger partial charge < -0.3 is 9.47 Å². The Morgan fingerprint density at radius 3 is 2.10 bits per heavy atom. The molecule has 2 aromatic carbocycles. The van der Waals surface area contributed by atoms with E-state index < -0.39 is 0 Å². The Kier molecular flexibility index (Phi) is 5.86. The van der Waals surface area contributed by atoms with Gasteiger partial charge in [0, 0.05) is 16.7 Å². The van der Waals surface area contributed by atoms with Gasteiger partial charge in [0.15, 0.2) is 11.5 Å². The van der Waals surface area contributed by atoms with Gasteiger partial charge in [0.2, 0.25) is 0 Å². The summed E-state index contributed by atoms with van der Waals surface area (Å²) in [6.07, 6.45) is 3.01. The molecule has 2 rings (SSSR count). The van der Waals surface area contributed by atoms with Crippen molar-refractivity contribution in [3.63, 3.8) is 0 Å². The van der Waals surface area contributed by atoms with E-state index in [2.05, 4.69) is 12.1 Å². The van der Waals surface area contributed by atoms with Crippen LogP contribution in [-0.2, 0) is 6.42 Å². The molecule has 0 aliphatic carbocycles. The normalized spacial score (nSPS) is 10.9. The van der Waals surface area contributed by atoms with Crippen LogP contribution in [0.25, 0.3) is 10.8 Å². The molecule has 0 spiro atoms. The van der Waals surface area contributed by atoms with Gasteiger partial charge in [-0.05, 0) is 30.9 Å². The lowest BCUT2D eigenvalue weighted by atomic mass is 10.0. The summed E-state index contributed by atoms with van der Waals surface area (Å²) in [5, 5.41) is 2.78. The SMILES string of the molecule is COc1c(OC)c(Cl)c2cc(CCCCCl)ccc2c1Cl. The average Bonchev–Trinajstić information content (AvgIpc) is 2.50. The van der Waals surface area contributed by atoms with Crippen molar-refractivity contribution < 1.29 is 9.47 Å². The number of fused-ring (bicyclic) bond motifs is 1. The molecule has 0 atom stereocenters. The summed E-state index contributed by atoms with van der Waals surface area (Å²) in [5.41, 5.74) is 1.21. The molecule has 114 valence electrons. The summed E-state index contributed by atoms with van der Waals surface area (Å²) in [5.74, 6) is 1.62. The average molecular weight is 348 g/mol. The molecule has 0 bridgehead atoms. The number of rotatable bonds is 6. The van der Waals surface area contributed by atoms with Crippen LogP contribution in [0.15, 0.2) is 18.2 Å². The zero-order chi connectivity index (χ0) is 15.4. The van der Waals surface area contributed by atoms with Gasteiger partial charge in [-0.15, -0.1) is 11.6 Å². The van der Waals surface area contributed by atoms with Gasteiger partial charge in [-0.2, -0.15) is 0 Å². The molecule has 0 N–H and O–H groups in total. The number of methoxy groups -OCH3 is 2. The summed E-state index contributed by atoms with van der Waals surface area (Å²) in [7, 11) is 3.10. The molecule has 0 saturated heterocycles. The Morgan fingerprint density at radius 1 is 0.905 bits per heavy atom. The monoisotopic (exact) mass is 346 g/mol. The molecule has 0 aliphatic heterocycles. The van der Waals surface area contributed by atoms with E-state index in [1.807, 2.05) is 6.07 Å². The number of unbranched alkanes of at least 4 members (excludes halogenated alkanes) is 1. The molecule has 0 unspecified atom stereocenters. The van der Waals surface area contributed by atoms with E-state index >= 15 is 0 Å². The summed E-state index contributed by atoms with van der Waals surface area (Å²) in [4.78, 5) is 0. The lowest BCUT2D eigenvalue weighted by Crippen LogP contribution is -1.95. The van der Waals surface area contributed by atoms with E-state index in [-0.39, 0.29) is 0 Å². The van der Waals surface area contributed by atoms with Crippen LogP contribution in [0, 0.1) is 0 Å². The lowest BCUT2D eigenvalue weighted by molar-refractivity contribution is 0.356. The number of benzene rings is 2. The van der Waals surface area contributed by atoms with Crippen LogP contribution >= 0.6 is 34.8 Å². The maximum Gasteiger partial charge on any atom is 0.181 e. The zero-order valence-corrected chi connectivity index (χ0v) is 14.3.